The topological polar surface area (TPSA) is 47.2 Å². The second kappa shape index (κ2) is 4.71. The Hall–Kier alpha value is -2.39. The van der Waals surface area contributed by atoms with E-state index in [0.717, 1.165) is 10.1 Å². The summed E-state index contributed by atoms with van der Waals surface area (Å²) in [6, 6.07) is 20.0. The van der Waals surface area contributed by atoms with Gasteiger partial charge in [-0.15, -0.1) is 0 Å². The van der Waals surface area contributed by atoms with Crippen molar-refractivity contribution < 1.29 is 9.84 Å². The van der Waals surface area contributed by atoms with Gasteiger partial charge in [0, 0.05) is 17.5 Å². The highest BCUT2D eigenvalue weighted by atomic mass is 16.5. The summed E-state index contributed by atoms with van der Waals surface area (Å²) in [4.78, 5) is 0. The van der Waals surface area contributed by atoms with Crippen LogP contribution in [0.25, 0.3) is 10.9 Å². The van der Waals surface area contributed by atoms with Crippen molar-refractivity contribution in [2.24, 2.45) is 0 Å². The predicted molar refractivity (Wildman–Crippen MR) is 73.4 cm³/mol. The lowest BCUT2D eigenvalue weighted by molar-refractivity contribution is -0.590. The average molecular weight is 251 g/mol. The lowest BCUT2D eigenvalue weighted by Gasteiger charge is -2.12. The minimum atomic E-state index is -0.914. The molecule has 1 N–H and O–H groups in total. The first-order chi connectivity index (χ1) is 9.27. The molecule has 3 aromatic rings. The van der Waals surface area contributed by atoms with E-state index in [1.54, 1.807) is 24.3 Å². The van der Waals surface area contributed by atoms with E-state index in [-0.39, 0.29) is 0 Å². The SMILES string of the molecule is [O-][n+]1c(C(O)c2ccccc2)ccc2ccccc21. The van der Waals surface area contributed by atoms with Crippen molar-refractivity contribution in [3.05, 3.63) is 83.2 Å². The molecule has 1 heterocycles. The van der Waals surface area contributed by atoms with Crippen LogP contribution in [0.4, 0.5) is 0 Å². The van der Waals surface area contributed by atoms with E-state index in [4.69, 9.17) is 0 Å². The number of fused-ring (bicyclic) bond motifs is 1. The highest BCUT2D eigenvalue weighted by Gasteiger charge is 2.20. The summed E-state index contributed by atoms with van der Waals surface area (Å²) in [6.45, 7) is 0. The van der Waals surface area contributed by atoms with Gasteiger partial charge >= 0.3 is 0 Å². The van der Waals surface area contributed by atoms with E-state index in [1.807, 2.05) is 42.5 Å². The molecular weight excluding hydrogens is 238 g/mol. The van der Waals surface area contributed by atoms with Gasteiger partial charge in [-0.25, -0.2) is 0 Å². The maximum atomic E-state index is 12.3. The van der Waals surface area contributed by atoms with Gasteiger partial charge in [0.1, 0.15) is 0 Å². The van der Waals surface area contributed by atoms with Gasteiger partial charge in [0.05, 0.1) is 0 Å². The first-order valence-corrected chi connectivity index (χ1v) is 6.11. The van der Waals surface area contributed by atoms with E-state index in [2.05, 4.69) is 0 Å². The molecule has 1 atom stereocenters. The highest BCUT2D eigenvalue weighted by Crippen LogP contribution is 2.20. The van der Waals surface area contributed by atoms with E-state index in [0.29, 0.717) is 16.8 Å². The average Bonchev–Trinajstić information content (AvgIpc) is 2.48. The molecule has 0 bridgehead atoms. The standard InChI is InChI=1S/C16H13NO2/c18-16(13-7-2-1-3-8-13)15-11-10-12-6-4-5-9-14(12)17(15)19/h1-11,16,18H. The molecule has 3 nitrogen and oxygen atoms in total. The normalized spacial score (nSPS) is 12.5. The predicted octanol–water partition coefficient (Wildman–Crippen LogP) is 2.55. The molecule has 1 unspecified atom stereocenters. The van der Waals surface area contributed by atoms with Gasteiger partial charge in [0.2, 0.25) is 11.2 Å². The molecule has 0 radical (unpaired) electrons. The third-order valence-corrected chi connectivity index (χ3v) is 3.22. The number of hydrogen-bond donors (Lipinski definition) is 1. The van der Waals surface area contributed by atoms with Crippen LogP contribution in [0.2, 0.25) is 0 Å². The molecule has 0 fully saturated rings. The lowest BCUT2D eigenvalue weighted by Crippen LogP contribution is -2.34. The number of aliphatic hydroxyl groups is 1. The van der Waals surface area contributed by atoms with Crippen molar-refractivity contribution in [1.82, 2.24) is 0 Å². The minimum absolute atomic E-state index is 0.338. The van der Waals surface area contributed by atoms with E-state index in [9.17, 15) is 10.3 Å². The number of pyridine rings is 1. The van der Waals surface area contributed by atoms with Crippen molar-refractivity contribution in [1.29, 1.82) is 0 Å². The summed E-state index contributed by atoms with van der Waals surface area (Å²) in [5, 5.41) is 23.5. The molecule has 0 spiro atoms. The van der Waals surface area contributed by atoms with Crippen LogP contribution in [0, 0.1) is 5.21 Å². The maximum Gasteiger partial charge on any atom is 0.226 e. The second-order valence-electron chi connectivity index (χ2n) is 4.42. The Bertz CT molecular complexity index is 710. The Labute approximate surface area is 111 Å². The number of rotatable bonds is 2. The van der Waals surface area contributed by atoms with Crippen molar-refractivity contribution in [3.8, 4) is 0 Å². The molecule has 1 aromatic heterocycles. The molecule has 19 heavy (non-hydrogen) atoms. The summed E-state index contributed by atoms with van der Waals surface area (Å²) in [6.07, 6.45) is -0.914. The van der Waals surface area contributed by atoms with Crippen LogP contribution < -0.4 is 4.73 Å². The number of para-hydroxylation sites is 1. The molecular formula is C16H13NO2. The highest BCUT2D eigenvalue weighted by molar-refractivity contribution is 5.75. The summed E-state index contributed by atoms with van der Waals surface area (Å²) >= 11 is 0. The van der Waals surface area contributed by atoms with Crippen molar-refractivity contribution in [2.75, 3.05) is 0 Å². The van der Waals surface area contributed by atoms with Gasteiger partial charge in [0.15, 0.2) is 6.10 Å². The molecule has 0 aliphatic rings. The summed E-state index contributed by atoms with van der Waals surface area (Å²) in [5.74, 6) is 0. The van der Waals surface area contributed by atoms with Gasteiger partial charge in [-0.3, -0.25) is 0 Å². The minimum Gasteiger partial charge on any atom is -0.618 e. The molecule has 0 aliphatic heterocycles. The Balaban J connectivity index is 2.13. The zero-order valence-electron chi connectivity index (χ0n) is 10.2. The summed E-state index contributed by atoms with van der Waals surface area (Å²) < 4.78 is 0.799. The Morgan fingerprint density at radius 2 is 1.53 bits per heavy atom. The Morgan fingerprint density at radius 1 is 0.842 bits per heavy atom. The molecule has 3 heteroatoms. The molecule has 0 amide bonds. The maximum absolute atomic E-state index is 12.3. The van der Waals surface area contributed by atoms with Crippen LogP contribution in [-0.4, -0.2) is 5.11 Å². The van der Waals surface area contributed by atoms with Crippen molar-refractivity contribution >= 4 is 10.9 Å². The van der Waals surface area contributed by atoms with E-state index >= 15 is 0 Å². The van der Waals surface area contributed by atoms with Gasteiger partial charge in [-0.1, -0.05) is 42.5 Å². The number of aliphatic hydroxyl groups excluding tert-OH is 1. The Morgan fingerprint density at radius 3 is 2.32 bits per heavy atom. The van der Waals surface area contributed by atoms with Crippen LogP contribution >= 0.6 is 0 Å². The fraction of sp³-hybridized carbons (Fsp3) is 0.0625. The lowest BCUT2D eigenvalue weighted by atomic mass is 10.1. The number of aromatic nitrogens is 1. The number of benzene rings is 2. The Kier molecular flexibility index (Phi) is 2.89. The molecule has 0 aliphatic carbocycles. The van der Waals surface area contributed by atoms with Gasteiger partial charge < -0.3 is 10.3 Å². The van der Waals surface area contributed by atoms with Crippen LogP contribution in [0.1, 0.15) is 17.4 Å². The smallest absolute Gasteiger partial charge is 0.226 e. The molecule has 2 aromatic carbocycles. The van der Waals surface area contributed by atoms with Crippen LogP contribution in [0.15, 0.2) is 66.7 Å². The van der Waals surface area contributed by atoms with Gasteiger partial charge in [-0.05, 0) is 17.7 Å². The third-order valence-electron chi connectivity index (χ3n) is 3.22. The zero-order valence-corrected chi connectivity index (χ0v) is 10.2. The number of hydrogen-bond acceptors (Lipinski definition) is 2. The summed E-state index contributed by atoms with van der Waals surface area (Å²) in [5.41, 5.74) is 1.61. The van der Waals surface area contributed by atoms with Crippen LogP contribution in [0.5, 0.6) is 0 Å². The fourth-order valence-electron chi connectivity index (χ4n) is 2.20. The third kappa shape index (κ3) is 2.04. The van der Waals surface area contributed by atoms with Crippen LogP contribution in [0.3, 0.4) is 0 Å². The molecule has 94 valence electrons. The van der Waals surface area contributed by atoms with Gasteiger partial charge in [0.25, 0.3) is 0 Å². The van der Waals surface area contributed by atoms with E-state index in [1.165, 1.54) is 0 Å². The largest absolute Gasteiger partial charge is 0.618 e. The van der Waals surface area contributed by atoms with Crippen molar-refractivity contribution in [2.45, 2.75) is 6.10 Å². The zero-order chi connectivity index (χ0) is 13.2. The number of nitrogens with zero attached hydrogens (tertiary/aromatic N) is 1. The first-order valence-electron chi connectivity index (χ1n) is 6.11. The van der Waals surface area contributed by atoms with Crippen LogP contribution in [-0.2, 0) is 0 Å². The fourth-order valence-corrected chi connectivity index (χ4v) is 2.20. The van der Waals surface area contributed by atoms with E-state index < -0.39 is 6.10 Å². The molecule has 3 rings (SSSR count). The van der Waals surface area contributed by atoms with Gasteiger partial charge in [-0.2, -0.15) is 4.73 Å². The first kappa shape index (κ1) is 11.7. The molecule has 0 saturated carbocycles. The quantitative estimate of drug-likeness (QED) is 0.562. The second-order valence-corrected chi connectivity index (χ2v) is 4.42. The summed E-state index contributed by atoms with van der Waals surface area (Å²) in [7, 11) is 0. The van der Waals surface area contributed by atoms with Crippen molar-refractivity contribution in [3.63, 3.8) is 0 Å². The molecule has 0 saturated heterocycles. The monoisotopic (exact) mass is 251 g/mol.